The van der Waals surface area contributed by atoms with Gasteiger partial charge in [0.05, 0.1) is 12.6 Å². The number of tetrazole rings is 1. The van der Waals surface area contributed by atoms with Crippen molar-refractivity contribution in [3.05, 3.63) is 76.6 Å². The fraction of sp³-hybridized carbons (Fsp3) is 0.409. The van der Waals surface area contributed by atoms with Crippen LogP contribution in [0.15, 0.2) is 54.6 Å². The van der Waals surface area contributed by atoms with Crippen LogP contribution < -0.4 is 0 Å². The zero-order valence-corrected chi connectivity index (χ0v) is 17.1. The van der Waals surface area contributed by atoms with E-state index in [-0.39, 0.29) is 6.04 Å². The Morgan fingerprint density at radius 3 is 2.66 bits per heavy atom. The molecule has 3 aromatic rings. The van der Waals surface area contributed by atoms with E-state index in [1.165, 1.54) is 30.5 Å². The lowest BCUT2D eigenvalue weighted by atomic mass is 10.0. The molecule has 5 rings (SSSR count). The third-order valence-electron chi connectivity index (χ3n) is 6.15. The van der Waals surface area contributed by atoms with E-state index >= 15 is 0 Å². The zero-order valence-electron chi connectivity index (χ0n) is 16.4. The number of benzene rings is 2. The van der Waals surface area contributed by atoms with E-state index in [0.29, 0.717) is 12.6 Å². The summed E-state index contributed by atoms with van der Waals surface area (Å²) in [5.41, 5.74) is 2.38. The van der Waals surface area contributed by atoms with Gasteiger partial charge in [0.1, 0.15) is 0 Å². The van der Waals surface area contributed by atoms with Gasteiger partial charge in [-0.05, 0) is 53.1 Å². The Labute approximate surface area is 176 Å². The molecule has 2 aromatic carbocycles. The van der Waals surface area contributed by atoms with Gasteiger partial charge in [-0.3, -0.25) is 9.80 Å². The van der Waals surface area contributed by atoms with E-state index in [9.17, 15) is 0 Å². The molecular weight excluding hydrogens is 384 g/mol. The average molecular weight is 409 g/mol. The second kappa shape index (κ2) is 8.22. The van der Waals surface area contributed by atoms with E-state index in [4.69, 9.17) is 11.6 Å². The summed E-state index contributed by atoms with van der Waals surface area (Å²) in [5, 5.41) is 13.6. The molecule has 3 heterocycles. The van der Waals surface area contributed by atoms with Gasteiger partial charge in [0.15, 0.2) is 5.82 Å². The van der Waals surface area contributed by atoms with Crippen molar-refractivity contribution in [1.82, 2.24) is 30.0 Å². The first-order valence-corrected chi connectivity index (χ1v) is 10.7. The van der Waals surface area contributed by atoms with E-state index in [1.54, 1.807) is 0 Å². The van der Waals surface area contributed by atoms with Crippen molar-refractivity contribution in [3.63, 3.8) is 0 Å². The third-order valence-corrected chi connectivity index (χ3v) is 6.40. The maximum atomic E-state index is 6.17. The molecule has 0 saturated carbocycles. The summed E-state index contributed by atoms with van der Waals surface area (Å²) >= 11 is 6.17. The number of nitrogens with zero attached hydrogens (tertiary/aromatic N) is 6. The van der Waals surface area contributed by atoms with E-state index in [1.807, 2.05) is 22.9 Å². The van der Waals surface area contributed by atoms with Gasteiger partial charge in [-0.15, -0.1) is 5.10 Å². The Balaban J connectivity index is 1.49. The van der Waals surface area contributed by atoms with Gasteiger partial charge in [0, 0.05) is 30.7 Å². The standard InChI is InChI=1S/C22H25ClN6/c23-19-10-8-18(9-11-19)21(28-14-13-27-12-4-7-20(27)16-28)22-24-25-26-29(22)15-17-5-2-1-3-6-17/h1-3,5-6,8-11,20-21H,4,7,12-16H2. The lowest BCUT2D eigenvalue weighted by Crippen LogP contribution is -2.51. The molecule has 1 aromatic heterocycles. The highest BCUT2D eigenvalue weighted by atomic mass is 35.5. The molecule has 0 bridgehead atoms. The predicted octanol–water partition coefficient (Wildman–Crippen LogP) is 3.24. The molecule has 2 atom stereocenters. The molecule has 150 valence electrons. The number of hydrogen-bond acceptors (Lipinski definition) is 5. The minimum absolute atomic E-state index is 0.0220. The fourth-order valence-corrected chi connectivity index (χ4v) is 4.82. The zero-order chi connectivity index (χ0) is 19.6. The summed E-state index contributed by atoms with van der Waals surface area (Å²) in [6, 6.07) is 19.1. The Morgan fingerprint density at radius 1 is 1.00 bits per heavy atom. The summed E-state index contributed by atoms with van der Waals surface area (Å²) in [5.74, 6) is 0.891. The van der Waals surface area contributed by atoms with Crippen molar-refractivity contribution in [2.45, 2.75) is 31.5 Å². The smallest absolute Gasteiger partial charge is 0.173 e. The summed E-state index contributed by atoms with van der Waals surface area (Å²) < 4.78 is 1.94. The summed E-state index contributed by atoms with van der Waals surface area (Å²) in [7, 11) is 0. The molecule has 7 heteroatoms. The van der Waals surface area contributed by atoms with Crippen molar-refractivity contribution >= 4 is 11.6 Å². The number of piperazine rings is 1. The minimum Gasteiger partial charge on any atom is -0.298 e. The third kappa shape index (κ3) is 3.92. The minimum atomic E-state index is 0.0220. The molecule has 0 N–H and O–H groups in total. The van der Waals surface area contributed by atoms with Gasteiger partial charge in [-0.2, -0.15) is 0 Å². The Morgan fingerprint density at radius 2 is 1.83 bits per heavy atom. The number of aromatic nitrogens is 4. The quantitative estimate of drug-likeness (QED) is 0.648. The summed E-state index contributed by atoms with van der Waals surface area (Å²) in [6.07, 6.45) is 2.58. The molecule has 0 spiro atoms. The lowest BCUT2D eigenvalue weighted by molar-refractivity contribution is 0.0794. The first kappa shape index (κ1) is 18.7. The van der Waals surface area contributed by atoms with Gasteiger partial charge in [0.25, 0.3) is 0 Å². The van der Waals surface area contributed by atoms with Gasteiger partial charge >= 0.3 is 0 Å². The van der Waals surface area contributed by atoms with E-state index < -0.39 is 0 Å². The first-order chi connectivity index (χ1) is 14.3. The molecule has 2 aliphatic heterocycles. The van der Waals surface area contributed by atoms with Gasteiger partial charge < -0.3 is 0 Å². The van der Waals surface area contributed by atoms with Crippen molar-refractivity contribution in [2.24, 2.45) is 0 Å². The molecule has 6 nitrogen and oxygen atoms in total. The number of hydrogen-bond donors (Lipinski definition) is 0. The Bertz CT molecular complexity index is 941. The van der Waals surface area contributed by atoms with Crippen molar-refractivity contribution < 1.29 is 0 Å². The predicted molar refractivity (Wildman–Crippen MR) is 113 cm³/mol. The average Bonchev–Trinajstić information content (AvgIpc) is 3.40. The maximum Gasteiger partial charge on any atom is 0.173 e. The number of rotatable bonds is 5. The molecule has 0 amide bonds. The van der Waals surface area contributed by atoms with Crippen LogP contribution in [0.1, 0.15) is 35.8 Å². The van der Waals surface area contributed by atoms with Crippen molar-refractivity contribution in [2.75, 3.05) is 26.2 Å². The molecule has 29 heavy (non-hydrogen) atoms. The van der Waals surface area contributed by atoms with Crippen LogP contribution in [-0.2, 0) is 6.54 Å². The molecule has 0 radical (unpaired) electrons. The number of fused-ring (bicyclic) bond motifs is 1. The van der Waals surface area contributed by atoms with Gasteiger partial charge in [0.2, 0.25) is 0 Å². The normalized spacial score (nSPS) is 21.2. The van der Waals surface area contributed by atoms with Gasteiger partial charge in [-0.25, -0.2) is 4.68 Å². The van der Waals surface area contributed by atoms with E-state index in [2.05, 4.69) is 61.7 Å². The highest BCUT2D eigenvalue weighted by Gasteiger charge is 2.36. The highest BCUT2D eigenvalue weighted by Crippen LogP contribution is 2.32. The lowest BCUT2D eigenvalue weighted by Gasteiger charge is -2.41. The maximum absolute atomic E-state index is 6.17. The molecule has 2 unspecified atom stereocenters. The Hall–Kier alpha value is -2.28. The highest BCUT2D eigenvalue weighted by molar-refractivity contribution is 6.30. The second-order valence-corrected chi connectivity index (χ2v) is 8.40. The Kier molecular flexibility index (Phi) is 5.31. The first-order valence-electron chi connectivity index (χ1n) is 10.3. The van der Waals surface area contributed by atoms with Crippen LogP contribution in [0, 0.1) is 0 Å². The fourth-order valence-electron chi connectivity index (χ4n) is 4.69. The number of halogens is 1. The topological polar surface area (TPSA) is 50.1 Å². The molecule has 2 saturated heterocycles. The monoisotopic (exact) mass is 408 g/mol. The molecule has 0 aliphatic carbocycles. The van der Waals surface area contributed by atoms with Crippen LogP contribution >= 0.6 is 11.6 Å². The van der Waals surface area contributed by atoms with Crippen LogP contribution in [0.4, 0.5) is 0 Å². The summed E-state index contributed by atoms with van der Waals surface area (Å²) in [4.78, 5) is 5.17. The van der Waals surface area contributed by atoms with Crippen molar-refractivity contribution in [3.8, 4) is 0 Å². The van der Waals surface area contributed by atoms with Crippen LogP contribution in [-0.4, -0.2) is 62.2 Å². The molecule has 2 aliphatic rings. The molecule has 2 fully saturated rings. The van der Waals surface area contributed by atoms with Crippen LogP contribution in [0.2, 0.25) is 5.02 Å². The summed E-state index contributed by atoms with van der Waals surface area (Å²) in [6.45, 7) is 5.06. The van der Waals surface area contributed by atoms with Gasteiger partial charge in [-0.1, -0.05) is 54.1 Å². The van der Waals surface area contributed by atoms with Crippen LogP contribution in [0.25, 0.3) is 0 Å². The van der Waals surface area contributed by atoms with Crippen LogP contribution in [0.5, 0.6) is 0 Å². The largest absolute Gasteiger partial charge is 0.298 e. The van der Waals surface area contributed by atoms with Crippen LogP contribution in [0.3, 0.4) is 0 Å². The SMILES string of the molecule is Clc1ccc(C(c2nnnn2Cc2ccccc2)N2CCN3CCCC3C2)cc1. The molecular formula is C22H25ClN6. The van der Waals surface area contributed by atoms with E-state index in [0.717, 1.165) is 30.5 Å². The second-order valence-electron chi connectivity index (χ2n) is 7.96. The van der Waals surface area contributed by atoms with Crippen molar-refractivity contribution in [1.29, 1.82) is 0 Å².